The van der Waals surface area contributed by atoms with Gasteiger partial charge in [0.05, 0.1) is 13.0 Å². The second-order valence-corrected chi connectivity index (χ2v) is 6.82. The summed E-state index contributed by atoms with van der Waals surface area (Å²) >= 11 is 0. The van der Waals surface area contributed by atoms with E-state index in [2.05, 4.69) is 5.32 Å². The van der Waals surface area contributed by atoms with Crippen LogP contribution in [0.1, 0.15) is 36.5 Å². The van der Waals surface area contributed by atoms with Crippen LogP contribution in [0.25, 0.3) is 0 Å². The predicted octanol–water partition coefficient (Wildman–Crippen LogP) is 5.11. The topological polar surface area (TPSA) is 64.6 Å². The maximum absolute atomic E-state index is 13.1. The number of ether oxygens (including phenoxy) is 2. The van der Waals surface area contributed by atoms with Crippen LogP contribution in [0, 0.1) is 0 Å². The third kappa shape index (κ3) is 5.26. The number of methoxy groups -OCH3 is 1. The molecular weight excluding hydrogens is 378 g/mol. The fourth-order valence-electron chi connectivity index (χ4n) is 3.23. The Bertz CT molecular complexity index is 973. The molecule has 2 atom stereocenters. The summed E-state index contributed by atoms with van der Waals surface area (Å²) in [6, 6.07) is 25.5. The first-order valence-corrected chi connectivity index (χ1v) is 9.87. The largest absolute Gasteiger partial charge is 0.497 e. The number of nitrogens with one attached hydrogen (secondary N) is 1. The van der Waals surface area contributed by atoms with E-state index in [-0.39, 0.29) is 0 Å². The number of hydrogen-bond donors (Lipinski definition) is 1. The standard InChI is InChI=1S/C25H25NO4/c1-3-22(18-11-6-4-7-12-18)25(28)30-23(19-13-8-5-9-14-19)24(27)26-20-15-10-16-21(17-20)29-2/h4-17,22-23H,3H2,1-2H3,(H,26,27). The molecular formula is C25H25NO4. The summed E-state index contributed by atoms with van der Waals surface area (Å²) in [5, 5.41) is 2.82. The minimum absolute atomic E-state index is 0.425. The average Bonchev–Trinajstić information content (AvgIpc) is 2.79. The molecule has 0 saturated carbocycles. The van der Waals surface area contributed by atoms with E-state index in [9.17, 15) is 9.59 Å². The average molecular weight is 403 g/mol. The second-order valence-electron chi connectivity index (χ2n) is 6.82. The zero-order chi connectivity index (χ0) is 21.3. The van der Waals surface area contributed by atoms with Gasteiger partial charge >= 0.3 is 5.97 Å². The molecule has 5 heteroatoms. The Morgan fingerprint density at radius 3 is 2.10 bits per heavy atom. The van der Waals surface area contributed by atoms with Gasteiger partial charge in [-0.05, 0) is 24.1 Å². The monoisotopic (exact) mass is 403 g/mol. The molecule has 1 amide bonds. The molecule has 0 heterocycles. The molecule has 0 fully saturated rings. The minimum Gasteiger partial charge on any atom is -0.497 e. The Kier molecular flexibility index (Phi) is 7.22. The van der Waals surface area contributed by atoms with Gasteiger partial charge in [0, 0.05) is 17.3 Å². The van der Waals surface area contributed by atoms with Gasteiger partial charge in [-0.2, -0.15) is 0 Å². The van der Waals surface area contributed by atoms with Gasteiger partial charge in [0.15, 0.2) is 0 Å². The Morgan fingerprint density at radius 1 is 0.867 bits per heavy atom. The van der Waals surface area contributed by atoms with Crippen LogP contribution in [-0.4, -0.2) is 19.0 Å². The number of hydrogen-bond acceptors (Lipinski definition) is 4. The number of anilines is 1. The molecule has 0 spiro atoms. The molecule has 0 aliphatic rings. The number of carbonyl (C=O) groups is 2. The van der Waals surface area contributed by atoms with Crippen LogP contribution in [0.5, 0.6) is 5.75 Å². The van der Waals surface area contributed by atoms with Crippen LogP contribution >= 0.6 is 0 Å². The van der Waals surface area contributed by atoms with Crippen molar-refractivity contribution in [2.75, 3.05) is 12.4 Å². The normalized spacial score (nSPS) is 12.5. The van der Waals surface area contributed by atoms with Crippen molar-refractivity contribution in [1.82, 2.24) is 0 Å². The van der Waals surface area contributed by atoms with Crippen molar-refractivity contribution in [3.05, 3.63) is 96.1 Å². The molecule has 0 saturated heterocycles. The quantitative estimate of drug-likeness (QED) is 0.531. The van der Waals surface area contributed by atoms with Crippen LogP contribution in [0.4, 0.5) is 5.69 Å². The molecule has 5 nitrogen and oxygen atoms in total. The number of rotatable bonds is 8. The van der Waals surface area contributed by atoms with E-state index >= 15 is 0 Å². The number of carbonyl (C=O) groups excluding carboxylic acids is 2. The lowest BCUT2D eigenvalue weighted by Crippen LogP contribution is -2.28. The highest BCUT2D eigenvalue weighted by Gasteiger charge is 2.29. The Hall–Kier alpha value is -3.60. The summed E-state index contributed by atoms with van der Waals surface area (Å²) < 4.78 is 11.0. The first-order valence-electron chi connectivity index (χ1n) is 9.87. The van der Waals surface area contributed by atoms with Crippen LogP contribution < -0.4 is 10.1 Å². The van der Waals surface area contributed by atoms with E-state index in [1.54, 1.807) is 43.5 Å². The molecule has 3 rings (SSSR count). The zero-order valence-corrected chi connectivity index (χ0v) is 17.1. The first kappa shape index (κ1) is 21.1. The summed E-state index contributed by atoms with van der Waals surface area (Å²) in [7, 11) is 1.56. The van der Waals surface area contributed by atoms with Crippen LogP contribution in [0.3, 0.4) is 0 Å². The fraction of sp³-hybridized carbons (Fsp3) is 0.200. The summed E-state index contributed by atoms with van der Waals surface area (Å²) in [5.74, 6) is -0.678. The molecule has 1 N–H and O–H groups in total. The van der Waals surface area contributed by atoms with Gasteiger partial charge in [0.1, 0.15) is 5.75 Å². The van der Waals surface area contributed by atoms with Crippen LogP contribution in [0.2, 0.25) is 0 Å². The molecule has 3 aromatic carbocycles. The van der Waals surface area contributed by atoms with E-state index < -0.39 is 23.9 Å². The molecule has 0 aliphatic heterocycles. The Morgan fingerprint density at radius 2 is 1.50 bits per heavy atom. The number of esters is 1. The smallest absolute Gasteiger partial charge is 0.314 e. The minimum atomic E-state index is -1.07. The van der Waals surface area contributed by atoms with Crippen molar-refractivity contribution < 1.29 is 19.1 Å². The van der Waals surface area contributed by atoms with Crippen molar-refractivity contribution in [2.45, 2.75) is 25.4 Å². The molecule has 3 aromatic rings. The van der Waals surface area contributed by atoms with E-state index in [4.69, 9.17) is 9.47 Å². The third-order valence-corrected chi connectivity index (χ3v) is 4.81. The number of benzene rings is 3. The van der Waals surface area contributed by atoms with Crippen molar-refractivity contribution in [3.63, 3.8) is 0 Å². The molecule has 2 unspecified atom stereocenters. The van der Waals surface area contributed by atoms with Gasteiger partial charge in [-0.15, -0.1) is 0 Å². The Balaban J connectivity index is 1.83. The van der Waals surface area contributed by atoms with Crippen molar-refractivity contribution in [1.29, 1.82) is 0 Å². The Labute approximate surface area is 176 Å². The maximum atomic E-state index is 13.1. The maximum Gasteiger partial charge on any atom is 0.314 e. The van der Waals surface area contributed by atoms with Gasteiger partial charge in [-0.3, -0.25) is 9.59 Å². The second kappa shape index (κ2) is 10.3. The van der Waals surface area contributed by atoms with E-state index in [1.807, 2.05) is 55.5 Å². The summed E-state index contributed by atoms with van der Waals surface area (Å²) in [6.07, 6.45) is -0.496. The lowest BCUT2D eigenvalue weighted by molar-refractivity contribution is -0.156. The summed E-state index contributed by atoms with van der Waals surface area (Å²) in [4.78, 5) is 26.1. The molecule has 0 aliphatic carbocycles. The molecule has 154 valence electrons. The van der Waals surface area contributed by atoms with E-state index in [0.717, 1.165) is 5.56 Å². The molecule has 0 aromatic heterocycles. The summed E-state index contributed by atoms with van der Waals surface area (Å²) in [5.41, 5.74) is 2.03. The van der Waals surface area contributed by atoms with Crippen molar-refractivity contribution in [2.24, 2.45) is 0 Å². The van der Waals surface area contributed by atoms with Crippen LogP contribution in [0.15, 0.2) is 84.9 Å². The number of amides is 1. The van der Waals surface area contributed by atoms with E-state index in [1.165, 1.54) is 0 Å². The van der Waals surface area contributed by atoms with Gasteiger partial charge in [0.25, 0.3) is 5.91 Å². The van der Waals surface area contributed by atoms with Gasteiger partial charge < -0.3 is 14.8 Å². The molecule has 0 radical (unpaired) electrons. The highest BCUT2D eigenvalue weighted by atomic mass is 16.5. The fourth-order valence-corrected chi connectivity index (χ4v) is 3.23. The lowest BCUT2D eigenvalue weighted by Gasteiger charge is -2.21. The van der Waals surface area contributed by atoms with Crippen molar-refractivity contribution in [3.8, 4) is 5.75 Å². The predicted molar refractivity (Wildman–Crippen MR) is 116 cm³/mol. The SMILES string of the molecule is CCC(C(=O)OC(C(=O)Nc1cccc(OC)c1)c1ccccc1)c1ccccc1. The summed E-state index contributed by atoms with van der Waals surface area (Å²) in [6.45, 7) is 1.92. The van der Waals surface area contributed by atoms with E-state index in [0.29, 0.717) is 23.4 Å². The van der Waals surface area contributed by atoms with Gasteiger partial charge in [-0.1, -0.05) is 73.7 Å². The van der Waals surface area contributed by atoms with Gasteiger partial charge in [-0.25, -0.2) is 0 Å². The highest BCUT2D eigenvalue weighted by Crippen LogP contribution is 2.27. The lowest BCUT2D eigenvalue weighted by atomic mass is 9.96. The van der Waals surface area contributed by atoms with Crippen LogP contribution in [-0.2, 0) is 14.3 Å². The van der Waals surface area contributed by atoms with Gasteiger partial charge in [0.2, 0.25) is 6.10 Å². The molecule has 0 bridgehead atoms. The molecule has 30 heavy (non-hydrogen) atoms. The zero-order valence-electron chi connectivity index (χ0n) is 17.1. The van der Waals surface area contributed by atoms with Crippen molar-refractivity contribution >= 4 is 17.6 Å². The first-order chi connectivity index (χ1) is 14.6. The highest BCUT2D eigenvalue weighted by molar-refractivity contribution is 5.96. The third-order valence-electron chi connectivity index (χ3n) is 4.81.